The van der Waals surface area contributed by atoms with Crippen molar-refractivity contribution in [3.8, 4) is 5.75 Å². The molecule has 0 unspecified atom stereocenters. The number of hydrogen-bond donors (Lipinski definition) is 1. The van der Waals surface area contributed by atoms with Crippen LogP contribution >= 0.6 is 11.8 Å². The molecular formula is C12H15FO4S2. The Labute approximate surface area is 115 Å². The van der Waals surface area contributed by atoms with Gasteiger partial charge in [0.25, 0.3) is 0 Å². The van der Waals surface area contributed by atoms with Gasteiger partial charge in [0, 0.05) is 23.3 Å². The maximum absolute atomic E-state index is 13.3. The van der Waals surface area contributed by atoms with E-state index in [1.165, 1.54) is 18.7 Å². The molecular weight excluding hydrogens is 291 g/mol. The number of phenols is 1. The second kappa shape index (κ2) is 6.38. The Kier molecular flexibility index (Phi) is 5.37. The smallest absolute Gasteiger partial charge is 0.163 e. The van der Waals surface area contributed by atoms with Crippen molar-refractivity contribution in [1.82, 2.24) is 0 Å². The second-order valence-corrected chi connectivity index (χ2v) is 7.56. The molecule has 1 aromatic carbocycles. The van der Waals surface area contributed by atoms with Gasteiger partial charge in [-0.05, 0) is 19.1 Å². The monoisotopic (exact) mass is 306 g/mol. The Balaban J connectivity index is 2.76. The van der Waals surface area contributed by atoms with Crippen LogP contribution in [0.1, 0.15) is 22.8 Å². The molecule has 0 aromatic heterocycles. The molecule has 1 rings (SSSR count). The van der Waals surface area contributed by atoms with E-state index in [1.807, 2.05) is 0 Å². The summed E-state index contributed by atoms with van der Waals surface area (Å²) in [5, 5.41) is 9.82. The summed E-state index contributed by atoms with van der Waals surface area (Å²) < 4.78 is 35.2. The number of Topliss-reactive ketones (excluding diaryl/α,β-unsaturated/α-hetero) is 1. The Hall–Kier alpha value is -1.08. The molecule has 1 N–H and O–H groups in total. The fourth-order valence-corrected chi connectivity index (χ4v) is 3.69. The fourth-order valence-electron chi connectivity index (χ4n) is 1.43. The summed E-state index contributed by atoms with van der Waals surface area (Å²) in [6.45, 7) is 1.25. The number of phenolic OH excluding ortho intramolecular Hbond substituents is 1. The number of carbonyl (C=O) groups excluding carboxylic acids is 1. The van der Waals surface area contributed by atoms with Gasteiger partial charge in [0.05, 0.1) is 11.3 Å². The molecule has 0 spiro atoms. The standard InChI is InChI=1S/C12H15FO4S2/c1-8(14)11-6-10(13)5-9(12(11)15)7-18-3-4-19(2,16)17/h5-6,15H,3-4,7H2,1-2H3. The third-order valence-corrected chi connectivity index (χ3v) is 4.60. The van der Waals surface area contributed by atoms with Crippen molar-refractivity contribution in [3.63, 3.8) is 0 Å². The van der Waals surface area contributed by atoms with Crippen LogP contribution in [-0.2, 0) is 15.6 Å². The van der Waals surface area contributed by atoms with Crippen LogP contribution in [0.3, 0.4) is 0 Å². The first-order chi connectivity index (χ1) is 8.70. The lowest BCUT2D eigenvalue weighted by Crippen LogP contribution is -2.05. The molecule has 4 nitrogen and oxygen atoms in total. The summed E-state index contributed by atoms with van der Waals surface area (Å²) in [4.78, 5) is 11.2. The first-order valence-electron chi connectivity index (χ1n) is 5.48. The van der Waals surface area contributed by atoms with Crippen molar-refractivity contribution in [2.75, 3.05) is 17.8 Å². The number of sulfone groups is 1. The van der Waals surface area contributed by atoms with Crippen molar-refractivity contribution >= 4 is 27.4 Å². The van der Waals surface area contributed by atoms with Crippen molar-refractivity contribution in [1.29, 1.82) is 0 Å². The highest BCUT2D eigenvalue weighted by Crippen LogP contribution is 2.28. The van der Waals surface area contributed by atoms with Crippen molar-refractivity contribution in [2.45, 2.75) is 12.7 Å². The summed E-state index contributed by atoms with van der Waals surface area (Å²) >= 11 is 1.26. The summed E-state index contributed by atoms with van der Waals surface area (Å²) in [7, 11) is -3.03. The van der Waals surface area contributed by atoms with E-state index in [0.717, 1.165) is 18.4 Å². The summed E-state index contributed by atoms with van der Waals surface area (Å²) in [5.41, 5.74) is 0.238. The van der Waals surface area contributed by atoms with Crippen molar-refractivity contribution in [3.05, 3.63) is 29.1 Å². The Morgan fingerprint density at radius 2 is 2.05 bits per heavy atom. The van der Waals surface area contributed by atoms with E-state index in [4.69, 9.17) is 0 Å². The minimum Gasteiger partial charge on any atom is -0.507 e. The highest BCUT2D eigenvalue weighted by Gasteiger charge is 2.13. The molecule has 0 heterocycles. The molecule has 0 bridgehead atoms. The van der Waals surface area contributed by atoms with Crippen LogP contribution in [0.2, 0.25) is 0 Å². The maximum atomic E-state index is 13.3. The zero-order chi connectivity index (χ0) is 14.6. The lowest BCUT2D eigenvalue weighted by molar-refractivity contribution is 0.101. The van der Waals surface area contributed by atoms with Gasteiger partial charge >= 0.3 is 0 Å². The van der Waals surface area contributed by atoms with E-state index < -0.39 is 21.4 Å². The first kappa shape index (κ1) is 16.0. The molecule has 0 aliphatic carbocycles. The lowest BCUT2D eigenvalue weighted by Gasteiger charge is -2.08. The molecule has 1 aromatic rings. The minimum atomic E-state index is -3.03. The van der Waals surface area contributed by atoms with E-state index >= 15 is 0 Å². The summed E-state index contributed by atoms with van der Waals surface area (Å²) in [5.74, 6) is -0.626. The van der Waals surface area contributed by atoms with Gasteiger partial charge in [-0.15, -0.1) is 0 Å². The van der Waals surface area contributed by atoms with Crippen LogP contribution in [0.5, 0.6) is 5.75 Å². The Bertz CT molecular complexity index is 582. The van der Waals surface area contributed by atoms with E-state index in [2.05, 4.69) is 0 Å². The second-order valence-electron chi connectivity index (χ2n) is 4.20. The average molecular weight is 306 g/mol. The highest BCUT2D eigenvalue weighted by molar-refractivity contribution is 7.99. The molecule has 0 aliphatic rings. The van der Waals surface area contributed by atoms with Gasteiger partial charge in [-0.3, -0.25) is 4.79 Å². The SMILES string of the molecule is CC(=O)c1cc(F)cc(CSCCS(C)(=O)=O)c1O. The normalized spacial score (nSPS) is 11.5. The number of benzene rings is 1. The number of carbonyl (C=O) groups is 1. The summed E-state index contributed by atoms with van der Waals surface area (Å²) in [6.07, 6.45) is 1.14. The van der Waals surface area contributed by atoms with Crippen LogP contribution in [-0.4, -0.2) is 37.1 Å². The van der Waals surface area contributed by atoms with Crippen LogP contribution in [0.25, 0.3) is 0 Å². The van der Waals surface area contributed by atoms with Gasteiger partial charge in [0.2, 0.25) is 0 Å². The number of aromatic hydroxyl groups is 1. The van der Waals surface area contributed by atoms with Crippen LogP contribution in [0, 0.1) is 5.82 Å². The third-order valence-electron chi connectivity index (χ3n) is 2.39. The Morgan fingerprint density at radius 3 is 2.58 bits per heavy atom. The largest absolute Gasteiger partial charge is 0.507 e. The van der Waals surface area contributed by atoms with Gasteiger partial charge in [0.15, 0.2) is 5.78 Å². The zero-order valence-corrected chi connectivity index (χ0v) is 12.3. The van der Waals surface area contributed by atoms with Crippen molar-refractivity contribution < 1.29 is 22.7 Å². The van der Waals surface area contributed by atoms with Crippen LogP contribution < -0.4 is 0 Å². The molecule has 0 atom stereocenters. The van der Waals surface area contributed by atoms with Gasteiger partial charge in [0.1, 0.15) is 21.4 Å². The molecule has 0 saturated carbocycles. The Morgan fingerprint density at radius 1 is 1.42 bits per heavy atom. The quantitative estimate of drug-likeness (QED) is 0.643. The van der Waals surface area contributed by atoms with Crippen molar-refractivity contribution in [2.24, 2.45) is 0 Å². The number of ketones is 1. The average Bonchev–Trinajstić information content (AvgIpc) is 2.26. The predicted octanol–water partition coefficient (Wildman–Crippen LogP) is 2.01. The molecule has 0 fully saturated rings. The molecule has 7 heteroatoms. The van der Waals surface area contributed by atoms with Gasteiger partial charge in [-0.1, -0.05) is 0 Å². The van der Waals surface area contributed by atoms with Crippen LogP contribution in [0.15, 0.2) is 12.1 Å². The third kappa shape index (κ3) is 5.20. The van der Waals surface area contributed by atoms with E-state index in [9.17, 15) is 22.7 Å². The van der Waals surface area contributed by atoms with Crippen LogP contribution in [0.4, 0.5) is 4.39 Å². The fraction of sp³-hybridized carbons (Fsp3) is 0.417. The van der Waals surface area contributed by atoms with E-state index in [0.29, 0.717) is 11.3 Å². The number of hydrogen-bond acceptors (Lipinski definition) is 5. The molecule has 106 valence electrons. The minimum absolute atomic E-state index is 0.0211. The van der Waals surface area contributed by atoms with Gasteiger partial charge in [-0.2, -0.15) is 11.8 Å². The topological polar surface area (TPSA) is 71.4 Å². The molecule has 0 radical (unpaired) electrons. The number of halogens is 1. The van der Waals surface area contributed by atoms with Gasteiger partial charge in [-0.25, -0.2) is 12.8 Å². The summed E-state index contributed by atoms with van der Waals surface area (Å²) in [6, 6.07) is 2.14. The number of rotatable bonds is 6. The predicted molar refractivity (Wildman–Crippen MR) is 73.9 cm³/mol. The molecule has 0 aliphatic heterocycles. The molecule has 0 saturated heterocycles. The lowest BCUT2D eigenvalue weighted by atomic mass is 10.1. The molecule has 19 heavy (non-hydrogen) atoms. The first-order valence-corrected chi connectivity index (χ1v) is 8.70. The molecule has 0 amide bonds. The van der Waals surface area contributed by atoms with E-state index in [-0.39, 0.29) is 22.8 Å². The van der Waals surface area contributed by atoms with Gasteiger partial charge < -0.3 is 5.11 Å². The van der Waals surface area contributed by atoms with E-state index in [1.54, 1.807) is 0 Å². The number of thioether (sulfide) groups is 1. The maximum Gasteiger partial charge on any atom is 0.163 e. The highest BCUT2D eigenvalue weighted by atomic mass is 32.2. The zero-order valence-electron chi connectivity index (χ0n) is 10.6.